The zero-order valence-electron chi connectivity index (χ0n) is 11.5. The van der Waals surface area contributed by atoms with E-state index in [1.165, 1.54) is 12.1 Å². The Labute approximate surface area is 109 Å². The second-order valence-corrected chi connectivity index (χ2v) is 4.69. The van der Waals surface area contributed by atoms with Gasteiger partial charge in [-0.1, -0.05) is 39.7 Å². The molecule has 0 bridgehead atoms. The van der Waals surface area contributed by atoms with Crippen LogP contribution in [0.15, 0.2) is 18.2 Å². The maximum atomic E-state index is 13.2. The fourth-order valence-electron chi connectivity index (χ4n) is 2.45. The molecule has 0 amide bonds. The first kappa shape index (κ1) is 15.1. The summed E-state index contributed by atoms with van der Waals surface area (Å²) in [6.07, 6.45) is 2.94. The Morgan fingerprint density at radius 3 is 2.22 bits per heavy atom. The van der Waals surface area contributed by atoms with Gasteiger partial charge in [0.2, 0.25) is 0 Å². The summed E-state index contributed by atoms with van der Waals surface area (Å²) in [6, 6.07) is 4.52. The van der Waals surface area contributed by atoms with E-state index in [0.29, 0.717) is 12.0 Å². The highest BCUT2D eigenvalue weighted by Gasteiger charge is 2.18. The van der Waals surface area contributed by atoms with Crippen molar-refractivity contribution in [3.63, 3.8) is 0 Å². The molecule has 0 aromatic heterocycles. The quantitative estimate of drug-likeness (QED) is 0.778. The molecule has 3 heteroatoms. The summed E-state index contributed by atoms with van der Waals surface area (Å²) in [5.74, 6) is -0.966. The molecular formula is C15H23F2N. The molecule has 1 aromatic carbocycles. The van der Waals surface area contributed by atoms with Gasteiger partial charge >= 0.3 is 0 Å². The molecule has 1 N–H and O–H groups in total. The van der Waals surface area contributed by atoms with Crippen molar-refractivity contribution in [1.82, 2.24) is 5.32 Å². The molecule has 1 nitrogen and oxygen atoms in total. The van der Waals surface area contributed by atoms with Crippen LogP contribution in [0.2, 0.25) is 0 Å². The summed E-state index contributed by atoms with van der Waals surface area (Å²) in [5, 5.41) is 3.45. The second kappa shape index (κ2) is 7.47. The molecule has 18 heavy (non-hydrogen) atoms. The lowest BCUT2D eigenvalue weighted by Gasteiger charge is -2.26. The molecule has 0 aliphatic rings. The molecule has 0 aliphatic carbocycles. The number of halogens is 2. The third-order valence-corrected chi connectivity index (χ3v) is 3.52. The van der Waals surface area contributed by atoms with E-state index < -0.39 is 11.6 Å². The Bertz CT molecular complexity index is 362. The van der Waals surface area contributed by atoms with Gasteiger partial charge in [-0.25, -0.2) is 8.78 Å². The lowest BCUT2D eigenvalue weighted by Crippen LogP contribution is -2.37. The Morgan fingerprint density at radius 2 is 1.72 bits per heavy atom. The van der Waals surface area contributed by atoms with Gasteiger partial charge in [0.05, 0.1) is 0 Å². The number of likely N-dealkylation sites (N-methyl/N-ethyl adjacent to an activating group) is 1. The van der Waals surface area contributed by atoms with Crippen LogP contribution < -0.4 is 5.32 Å². The fourth-order valence-corrected chi connectivity index (χ4v) is 2.45. The summed E-state index contributed by atoms with van der Waals surface area (Å²) in [4.78, 5) is 0. The van der Waals surface area contributed by atoms with Crippen molar-refractivity contribution in [2.45, 2.75) is 46.1 Å². The Kier molecular flexibility index (Phi) is 6.27. The first-order valence-electron chi connectivity index (χ1n) is 6.79. The van der Waals surface area contributed by atoms with E-state index in [1.54, 1.807) is 6.07 Å². The normalized spacial score (nSPS) is 13.0. The van der Waals surface area contributed by atoms with Crippen LogP contribution in [-0.2, 0) is 6.42 Å². The Balaban J connectivity index is 2.78. The van der Waals surface area contributed by atoms with Crippen molar-refractivity contribution in [3.05, 3.63) is 35.4 Å². The number of nitrogens with one attached hydrogen (secondary N) is 1. The molecule has 1 rings (SSSR count). The monoisotopic (exact) mass is 255 g/mol. The summed E-state index contributed by atoms with van der Waals surface area (Å²) >= 11 is 0. The predicted octanol–water partition coefficient (Wildman–Crippen LogP) is 3.92. The number of hydrogen-bond acceptors (Lipinski definition) is 1. The highest BCUT2D eigenvalue weighted by Crippen LogP contribution is 2.18. The summed E-state index contributed by atoms with van der Waals surface area (Å²) in [6.45, 7) is 7.30. The highest BCUT2D eigenvalue weighted by molar-refractivity contribution is 5.19. The van der Waals surface area contributed by atoms with Crippen LogP contribution in [0.1, 0.15) is 39.2 Å². The number of hydrogen-bond donors (Lipinski definition) is 1. The molecule has 1 aromatic rings. The van der Waals surface area contributed by atoms with Gasteiger partial charge in [-0.2, -0.15) is 0 Å². The van der Waals surface area contributed by atoms with E-state index >= 15 is 0 Å². The van der Waals surface area contributed by atoms with Crippen molar-refractivity contribution in [2.75, 3.05) is 6.54 Å². The van der Waals surface area contributed by atoms with Crippen LogP contribution >= 0.6 is 0 Å². The average Bonchev–Trinajstić information content (AvgIpc) is 2.35. The summed E-state index contributed by atoms with van der Waals surface area (Å²) < 4.78 is 26.1. The molecule has 0 saturated carbocycles. The number of rotatable bonds is 7. The highest BCUT2D eigenvalue weighted by atomic mass is 19.2. The molecule has 0 aliphatic heterocycles. The third-order valence-electron chi connectivity index (χ3n) is 3.52. The van der Waals surface area contributed by atoms with Gasteiger partial charge in [0.1, 0.15) is 0 Å². The third kappa shape index (κ3) is 4.05. The van der Waals surface area contributed by atoms with E-state index in [0.717, 1.165) is 31.4 Å². The van der Waals surface area contributed by atoms with Gasteiger partial charge in [0.25, 0.3) is 0 Å². The molecular weight excluding hydrogens is 232 g/mol. The first-order chi connectivity index (χ1) is 8.62. The van der Waals surface area contributed by atoms with E-state index in [9.17, 15) is 8.78 Å². The van der Waals surface area contributed by atoms with Gasteiger partial charge < -0.3 is 5.32 Å². The molecule has 1 atom stereocenters. The minimum atomic E-state index is -0.777. The molecule has 0 spiro atoms. The van der Waals surface area contributed by atoms with Crippen molar-refractivity contribution in [3.8, 4) is 0 Å². The van der Waals surface area contributed by atoms with Crippen LogP contribution in [0, 0.1) is 17.6 Å². The Morgan fingerprint density at radius 1 is 1.06 bits per heavy atom. The van der Waals surface area contributed by atoms with E-state index in [-0.39, 0.29) is 0 Å². The van der Waals surface area contributed by atoms with E-state index in [1.807, 2.05) is 0 Å². The minimum absolute atomic E-state index is 0.329. The zero-order valence-corrected chi connectivity index (χ0v) is 11.5. The summed E-state index contributed by atoms with van der Waals surface area (Å²) in [5.41, 5.74) is 0.853. The fraction of sp³-hybridized carbons (Fsp3) is 0.600. The maximum absolute atomic E-state index is 13.2. The van der Waals surface area contributed by atoms with E-state index in [2.05, 4.69) is 26.1 Å². The molecule has 102 valence electrons. The standard InChI is InChI=1S/C15H23F2N/c1-4-12(5-2)15(18-6-3)10-11-7-8-13(16)14(17)9-11/h7-9,12,15,18H,4-6,10H2,1-3H3. The summed E-state index contributed by atoms with van der Waals surface area (Å²) in [7, 11) is 0. The van der Waals surface area contributed by atoms with Gasteiger partial charge in [-0.15, -0.1) is 0 Å². The molecule has 0 fully saturated rings. The van der Waals surface area contributed by atoms with Gasteiger partial charge in [-0.05, 0) is 36.6 Å². The van der Waals surface area contributed by atoms with Crippen molar-refractivity contribution < 1.29 is 8.78 Å². The minimum Gasteiger partial charge on any atom is -0.314 e. The molecule has 0 saturated heterocycles. The van der Waals surface area contributed by atoms with Gasteiger partial charge in [0, 0.05) is 6.04 Å². The van der Waals surface area contributed by atoms with Crippen LogP contribution in [0.5, 0.6) is 0 Å². The van der Waals surface area contributed by atoms with Crippen molar-refractivity contribution in [1.29, 1.82) is 0 Å². The molecule has 1 unspecified atom stereocenters. The van der Waals surface area contributed by atoms with Crippen LogP contribution in [-0.4, -0.2) is 12.6 Å². The SMILES string of the molecule is CCNC(Cc1ccc(F)c(F)c1)C(CC)CC. The van der Waals surface area contributed by atoms with Crippen LogP contribution in [0.3, 0.4) is 0 Å². The van der Waals surface area contributed by atoms with Crippen molar-refractivity contribution in [2.24, 2.45) is 5.92 Å². The van der Waals surface area contributed by atoms with Gasteiger partial charge in [-0.3, -0.25) is 0 Å². The largest absolute Gasteiger partial charge is 0.314 e. The van der Waals surface area contributed by atoms with Crippen LogP contribution in [0.25, 0.3) is 0 Å². The van der Waals surface area contributed by atoms with Crippen molar-refractivity contribution >= 4 is 0 Å². The lowest BCUT2D eigenvalue weighted by atomic mass is 9.89. The second-order valence-electron chi connectivity index (χ2n) is 4.69. The lowest BCUT2D eigenvalue weighted by molar-refractivity contribution is 0.336. The molecule has 0 radical (unpaired) electrons. The van der Waals surface area contributed by atoms with Crippen LogP contribution in [0.4, 0.5) is 8.78 Å². The topological polar surface area (TPSA) is 12.0 Å². The molecule has 0 heterocycles. The van der Waals surface area contributed by atoms with E-state index in [4.69, 9.17) is 0 Å². The maximum Gasteiger partial charge on any atom is 0.159 e. The zero-order chi connectivity index (χ0) is 13.5. The smallest absolute Gasteiger partial charge is 0.159 e. The average molecular weight is 255 g/mol. The van der Waals surface area contributed by atoms with Gasteiger partial charge in [0.15, 0.2) is 11.6 Å². The Hall–Kier alpha value is -0.960. The predicted molar refractivity (Wildman–Crippen MR) is 71.6 cm³/mol. The number of benzene rings is 1. The first-order valence-corrected chi connectivity index (χ1v) is 6.79.